The fourth-order valence-corrected chi connectivity index (χ4v) is 3.18. The molecule has 0 saturated heterocycles. The number of anilines is 1. The first-order chi connectivity index (χ1) is 14.0. The molecule has 1 atom stereocenters. The van der Waals surface area contributed by atoms with Crippen molar-refractivity contribution in [1.29, 1.82) is 0 Å². The van der Waals surface area contributed by atoms with Gasteiger partial charge in [-0.25, -0.2) is 0 Å². The average molecular weight is 393 g/mol. The Morgan fingerprint density at radius 2 is 1.59 bits per heavy atom. The van der Waals surface area contributed by atoms with E-state index in [4.69, 9.17) is 14.2 Å². The molecule has 152 valence electrons. The van der Waals surface area contributed by atoms with Gasteiger partial charge in [-0.3, -0.25) is 4.79 Å². The number of ether oxygens (including phenoxy) is 3. The Hall–Kier alpha value is -3.21. The standard InChI is InChI=1S/C24H27NO4/c1-5-28-21-11-12-23(29-6-2)22(15-21)25-24(26)16(3)17-7-8-19-14-20(27-4)10-9-18(19)13-17/h7-16H,5-6H2,1-4H3,(H,25,26). The molecule has 0 aromatic heterocycles. The lowest BCUT2D eigenvalue weighted by atomic mass is 9.97. The molecule has 3 aromatic carbocycles. The van der Waals surface area contributed by atoms with Crippen LogP contribution in [0, 0.1) is 0 Å². The van der Waals surface area contributed by atoms with Crippen LogP contribution in [0.15, 0.2) is 54.6 Å². The van der Waals surface area contributed by atoms with E-state index in [1.54, 1.807) is 13.2 Å². The van der Waals surface area contributed by atoms with Crippen LogP contribution < -0.4 is 19.5 Å². The molecule has 29 heavy (non-hydrogen) atoms. The molecule has 0 bridgehead atoms. The largest absolute Gasteiger partial charge is 0.497 e. The van der Waals surface area contributed by atoms with E-state index in [2.05, 4.69) is 5.32 Å². The van der Waals surface area contributed by atoms with Gasteiger partial charge in [-0.05, 0) is 61.4 Å². The first-order valence-corrected chi connectivity index (χ1v) is 9.84. The molecule has 0 spiro atoms. The number of fused-ring (bicyclic) bond motifs is 1. The van der Waals surface area contributed by atoms with E-state index in [1.807, 2.05) is 69.3 Å². The summed E-state index contributed by atoms with van der Waals surface area (Å²) < 4.78 is 16.5. The second-order valence-corrected chi connectivity index (χ2v) is 6.71. The maximum Gasteiger partial charge on any atom is 0.231 e. The van der Waals surface area contributed by atoms with Crippen molar-refractivity contribution >= 4 is 22.4 Å². The number of hydrogen-bond donors (Lipinski definition) is 1. The van der Waals surface area contributed by atoms with Crippen molar-refractivity contribution in [3.63, 3.8) is 0 Å². The van der Waals surface area contributed by atoms with Crippen LogP contribution in [0.5, 0.6) is 17.2 Å². The van der Waals surface area contributed by atoms with Gasteiger partial charge in [0.25, 0.3) is 0 Å². The zero-order chi connectivity index (χ0) is 20.8. The molecule has 1 amide bonds. The van der Waals surface area contributed by atoms with E-state index < -0.39 is 0 Å². The Bertz CT molecular complexity index is 999. The van der Waals surface area contributed by atoms with Gasteiger partial charge in [0.2, 0.25) is 5.91 Å². The van der Waals surface area contributed by atoms with Crippen LogP contribution in [0.2, 0.25) is 0 Å². The molecular formula is C24H27NO4. The highest BCUT2D eigenvalue weighted by Crippen LogP contribution is 2.31. The SMILES string of the molecule is CCOc1ccc(OCC)c(NC(=O)C(C)c2ccc3cc(OC)ccc3c2)c1. The molecule has 0 aliphatic rings. The highest BCUT2D eigenvalue weighted by Gasteiger charge is 2.18. The van der Waals surface area contributed by atoms with Crippen LogP contribution in [-0.2, 0) is 4.79 Å². The first kappa shape index (κ1) is 20.5. The van der Waals surface area contributed by atoms with Gasteiger partial charge in [0, 0.05) is 6.07 Å². The zero-order valence-electron chi connectivity index (χ0n) is 17.3. The van der Waals surface area contributed by atoms with Gasteiger partial charge >= 0.3 is 0 Å². The molecule has 5 heteroatoms. The van der Waals surface area contributed by atoms with Crippen molar-refractivity contribution in [2.75, 3.05) is 25.6 Å². The van der Waals surface area contributed by atoms with Crippen LogP contribution in [-0.4, -0.2) is 26.2 Å². The summed E-state index contributed by atoms with van der Waals surface area (Å²) in [7, 11) is 1.65. The zero-order valence-corrected chi connectivity index (χ0v) is 17.3. The third kappa shape index (κ3) is 4.80. The first-order valence-electron chi connectivity index (χ1n) is 9.84. The molecule has 0 aliphatic carbocycles. The second-order valence-electron chi connectivity index (χ2n) is 6.71. The van der Waals surface area contributed by atoms with Crippen molar-refractivity contribution in [3.8, 4) is 17.2 Å². The quantitative estimate of drug-likeness (QED) is 0.558. The molecule has 3 rings (SSSR count). The van der Waals surface area contributed by atoms with Crippen LogP contribution >= 0.6 is 0 Å². The summed E-state index contributed by atoms with van der Waals surface area (Å²) >= 11 is 0. The second kappa shape index (κ2) is 9.32. The Morgan fingerprint density at radius 3 is 2.31 bits per heavy atom. The number of benzene rings is 3. The molecule has 1 N–H and O–H groups in total. The molecule has 1 unspecified atom stereocenters. The number of rotatable bonds is 8. The highest BCUT2D eigenvalue weighted by atomic mass is 16.5. The summed E-state index contributed by atoms with van der Waals surface area (Å²) in [6.07, 6.45) is 0. The summed E-state index contributed by atoms with van der Waals surface area (Å²) in [5.74, 6) is 1.70. The van der Waals surface area contributed by atoms with Gasteiger partial charge in [-0.2, -0.15) is 0 Å². The summed E-state index contributed by atoms with van der Waals surface area (Å²) in [6.45, 7) is 6.80. The molecule has 3 aromatic rings. The number of carbonyl (C=O) groups is 1. The van der Waals surface area contributed by atoms with E-state index in [0.717, 1.165) is 22.1 Å². The van der Waals surface area contributed by atoms with Crippen LogP contribution in [0.25, 0.3) is 10.8 Å². The number of carbonyl (C=O) groups excluding carboxylic acids is 1. The fourth-order valence-electron chi connectivity index (χ4n) is 3.18. The van der Waals surface area contributed by atoms with Crippen LogP contribution in [0.3, 0.4) is 0 Å². The van der Waals surface area contributed by atoms with E-state index >= 15 is 0 Å². The molecule has 0 radical (unpaired) electrons. The van der Waals surface area contributed by atoms with Crippen molar-refractivity contribution < 1.29 is 19.0 Å². The summed E-state index contributed by atoms with van der Waals surface area (Å²) in [4.78, 5) is 12.9. The minimum atomic E-state index is -0.327. The van der Waals surface area contributed by atoms with Crippen molar-refractivity contribution in [2.24, 2.45) is 0 Å². The average Bonchev–Trinajstić information content (AvgIpc) is 2.74. The third-order valence-corrected chi connectivity index (χ3v) is 4.78. The molecule has 5 nitrogen and oxygen atoms in total. The lowest BCUT2D eigenvalue weighted by Gasteiger charge is -2.17. The van der Waals surface area contributed by atoms with Gasteiger partial charge in [-0.15, -0.1) is 0 Å². The minimum Gasteiger partial charge on any atom is -0.497 e. The van der Waals surface area contributed by atoms with E-state index in [1.165, 1.54) is 0 Å². The topological polar surface area (TPSA) is 56.8 Å². The van der Waals surface area contributed by atoms with Gasteiger partial charge in [-0.1, -0.05) is 24.3 Å². The van der Waals surface area contributed by atoms with Gasteiger partial charge in [0.15, 0.2) is 0 Å². The lowest BCUT2D eigenvalue weighted by molar-refractivity contribution is -0.117. The molecule has 0 heterocycles. The monoisotopic (exact) mass is 393 g/mol. The fraction of sp³-hybridized carbons (Fsp3) is 0.292. The Labute approximate surface area is 171 Å². The summed E-state index contributed by atoms with van der Waals surface area (Å²) in [6, 6.07) is 17.4. The predicted molar refractivity (Wildman–Crippen MR) is 116 cm³/mol. The van der Waals surface area contributed by atoms with Crippen molar-refractivity contribution in [2.45, 2.75) is 26.7 Å². The highest BCUT2D eigenvalue weighted by molar-refractivity contribution is 5.97. The maximum absolute atomic E-state index is 12.9. The number of nitrogens with one attached hydrogen (secondary N) is 1. The van der Waals surface area contributed by atoms with Crippen LogP contribution in [0.1, 0.15) is 32.3 Å². The van der Waals surface area contributed by atoms with E-state index in [-0.39, 0.29) is 11.8 Å². The Balaban J connectivity index is 1.83. The van der Waals surface area contributed by atoms with Crippen molar-refractivity contribution in [3.05, 3.63) is 60.2 Å². The van der Waals surface area contributed by atoms with Crippen LogP contribution in [0.4, 0.5) is 5.69 Å². The van der Waals surface area contributed by atoms with Crippen molar-refractivity contribution in [1.82, 2.24) is 0 Å². The van der Waals surface area contributed by atoms with Gasteiger partial charge in [0.05, 0.1) is 31.9 Å². The summed E-state index contributed by atoms with van der Waals surface area (Å²) in [5.41, 5.74) is 1.55. The Kier molecular flexibility index (Phi) is 6.60. The normalized spacial score (nSPS) is 11.7. The minimum absolute atomic E-state index is 0.104. The summed E-state index contributed by atoms with van der Waals surface area (Å²) in [5, 5.41) is 5.13. The van der Waals surface area contributed by atoms with E-state index in [9.17, 15) is 4.79 Å². The molecule has 0 saturated carbocycles. The molecular weight excluding hydrogens is 366 g/mol. The van der Waals surface area contributed by atoms with Gasteiger partial charge in [0.1, 0.15) is 17.2 Å². The third-order valence-electron chi connectivity index (χ3n) is 4.78. The number of hydrogen-bond acceptors (Lipinski definition) is 4. The maximum atomic E-state index is 12.9. The van der Waals surface area contributed by atoms with E-state index in [0.29, 0.717) is 30.4 Å². The number of amides is 1. The smallest absolute Gasteiger partial charge is 0.231 e. The molecule has 0 aliphatic heterocycles. The van der Waals surface area contributed by atoms with Gasteiger partial charge < -0.3 is 19.5 Å². The predicted octanol–water partition coefficient (Wildman–Crippen LogP) is 5.39. The molecule has 0 fully saturated rings. The lowest BCUT2D eigenvalue weighted by Crippen LogP contribution is -2.19. The Morgan fingerprint density at radius 1 is 0.897 bits per heavy atom. The number of methoxy groups -OCH3 is 1.